The van der Waals surface area contributed by atoms with E-state index in [1.165, 1.54) is 43.2 Å². The van der Waals surface area contributed by atoms with Crippen molar-refractivity contribution in [2.45, 2.75) is 76.7 Å². The predicted octanol–water partition coefficient (Wildman–Crippen LogP) is 4.63. The third-order valence-electron chi connectivity index (χ3n) is 6.94. The summed E-state index contributed by atoms with van der Waals surface area (Å²) >= 11 is 0. The fourth-order valence-electron chi connectivity index (χ4n) is 4.86. The molecule has 1 aromatic carbocycles. The highest BCUT2D eigenvalue weighted by molar-refractivity contribution is 5.88. The number of ketones is 1. The normalized spacial score (nSPS) is 21.0. The van der Waals surface area contributed by atoms with Crippen molar-refractivity contribution in [3.05, 3.63) is 47.5 Å². The van der Waals surface area contributed by atoms with Crippen molar-refractivity contribution in [2.75, 3.05) is 6.54 Å². The zero-order chi connectivity index (χ0) is 25.4. The lowest BCUT2D eigenvalue weighted by Crippen LogP contribution is -2.48. The van der Waals surface area contributed by atoms with E-state index in [4.69, 9.17) is 9.90 Å². The number of carboxylic acid groups (broad SMARTS) is 1. The van der Waals surface area contributed by atoms with Gasteiger partial charge in [-0.1, -0.05) is 62.4 Å². The van der Waals surface area contributed by atoms with Gasteiger partial charge in [0.15, 0.2) is 0 Å². The van der Waals surface area contributed by atoms with Crippen LogP contribution in [-0.4, -0.2) is 46.4 Å². The highest BCUT2D eigenvalue weighted by atomic mass is 19.4. The largest absolute Gasteiger partial charge is 0.490 e. The minimum absolute atomic E-state index is 0.0473. The molecule has 0 bridgehead atoms. The number of fused-ring (bicyclic) bond motifs is 1. The number of alkyl halides is 3. The van der Waals surface area contributed by atoms with Gasteiger partial charge in [-0.25, -0.2) is 4.79 Å². The van der Waals surface area contributed by atoms with Gasteiger partial charge in [0.1, 0.15) is 5.78 Å². The first-order valence-corrected chi connectivity index (χ1v) is 12.2. The van der Waals surface area contributed by atoms with Crippen molar-refractivity contribution in [3.63, 3.8) is 0 Å². The Morgan fingerprint density at radius 3 is 2.11 bits per heavy atom. The quantitative estimate of drug-likeness (QED) is 0.540. The highest BCUT2D eigenvalue weighted by Crippen LogP contribution is 2.31. The Morgan fingerprint density at radius 1 is 1.06 bits per heavy atom. The van der Waals surface area contributed by atoms with Gasteiger partial charge in [0.2, 0.25) is 5.91 Å². The van der Waals surface area contributed by atoms with E-state index in [2.05, 4.69) is 17.4 Å². The van der Waals surface area contributed by atoms with Crippen LogP contribution in [0.25, 0.3) is 0 Å². The number of benzene rings is 1. The Bertz CT molecular complexity index is 896. The van der Waals surface area contributed by atoms with Gasteiger partial charge in [-0.05, 0) is 48.4 Å². The molecule has 0 radical (unpaired) electrons. The average molecular weight is 495 g/mol. The Morgan fingerprint density at radius 2 is 1.63 bits per heavy atom. The molecule has 1 aliphatic carbocycles. The molecule has 2 aliphatic heterocycles. The standard InChI is InChI=1S/C24H32N2O2.C2HF3O2/c27-23(22-12-13-25-22)15-19(14-18-6-2-1-3-7-18)10-11-24(28)26-16-20-8-4-5-9-21(20)17-26;3-2(4,5)1(6)7/h4-5,8-11,18-19,22,25H,1-3,6-7,12-17H2;(H,6,7)/b11-10+;/t19-,22+;/m1./s1. The summed E-state index contributed by atoms with van der Waals surface area (Å²) in [7, 11) is 0. The van der Waals surface area contributed by atoms with Crippen LogP contribution in [0.5, 0.6) is 0 Å². The van der Waals surface area contributed by atoms with Crippen LogP contribution in [0, 0.1) is 11.8 Å². The summed E-state index contributed by atoms with van der Waals surface area (Å²) in [6.45, 7) is 2.34. The molecule has 2 fully saturated rings. The van der Waals surface area contributed by atoms with Crippen LogP contribution in [0.4, 0.5) is 13.2 Å². The summed E-state index contributed by atoms with van der Waals surface area (Å²) in [5, 5.41) is 10.4. The lowest BCUT2D eigenvalue weighted by molar-refractivity contribution is -0.192. The summed E-state index contributed by atoms with van der Waals surface area (Å²) in [6.07, 6.45) is 7.77. The molecule has 6 nitrogen and oxygen atoms in total. The third-order valence-corrected chi connectivity index (χ3v) is 6.94. The molecule has 1 aromatic rings. The molecule has 2 heterocycles. The van der Waals surface area contributed by atoms with E-state index < -0.39 is 12.1 Å². The van der Waals surface area contributed by atoms with Gasteiger partial charge in [-0.2, -0.15) is 13.2 Å². The van der Waals surface area contributed by atoms with Crippen LogP contribution in [0.1, 0.15) is 62.5 Å². The van der Waals surface area contributed by atoms with E-state index in [0.29, 0.717) is 31.2 Å². The SMILES string of the molecule is O=C(C[C@H](/C=C/C(=O)N1Cc2ccccc2C1)CC1CCCCC1)[C@@H]1CCN1.O=C(O)C(F)(F)F. The molecule has 2 atom stereocenters. The fraction of sp³-hybridized carbons (Fsp3) is 0.577. The van der Waals surface area contributed by atoms with E-state index in [-0.39, 0.29) is 17.9 Å². The van der Waals surface area contributed by atoms with E-state index in [9.17, 15) is 22.8 Å². The number of allylic oxidation sites excluding steroid dienone is 1. The maximum Gasteiger partial charge on any atom is 0.490 e. The molecule has 4 rings (SSSR count). The Hall–Kier alpha value is -2.68. The number of aliphatic carboxylic acids is 1. The molecule has 2 N–H and O–H groups in total. The van der Waals surface area contributed by atoms with Crippen molar-refractivity contribution in [3.8, 4) is 0 Å². The molecule has 0 spiro atoms. The van der Waals surface area contributed by atoms with Crippen LogP contribution >= 0.6 is 0 Å². The monoisotopic (exact) mass is 494 g/mol. The second-order valence-electron chi connectivity index (χ2n) is 9.59. The molecule has 3 aliphatic rings. The Kier molecular flexibility index (Phi) is 9.48. The smallest absolute Gasteiger partial charge is 0.475 e. The summed E-state index contributed by atoms with van der Waals surface area (Å²) in [4.78, 5) is 36.1. The molecule has 1 amide bonds. The summed E-state index contributed by atoms with van der Waals surface area (Å²) in [5.74, 6) is -1.48. The molecule has 1 saturated heterocycles. The van der Waals surface area contributed by atoms with E-state index in [1.807, 2.05) is 23.1 Å². The topological polar surface area (TPSA) is 86.7 Å². The molecule has 0 unspecified atom stereocenters. The number of halogens is 3. The Balaban J connectivity index is 0.000000429. The number of hydrogen-bond donors (Lipinski definition) is 2. The van der Waals surface area contributed by atoms with Crippen molar-refractivity contribution in [1.82, 2.24) is 10.2 Å². The van der Waals surface area contributed by atoms with Crippen LogP contribution in [0.15, 0.2) is 36.4 Å². The maximum absolute atomic E-state index is 12.7. The molecular formula is C26H33F3N2O4. The average Bonchev–Trinajstić information content (AvgIpc) is 3.21. The highest BCUT2D eigenvalue weighted by Gasteiger charge is 2.38. The van der Waals surface area contributed by atoms with Crippen LogP contribution in [0.2, 0.25) is 0 Å². The summed E-state index contributed by atoms with van der Waals surface area (Å²) < 4.78 is 31.7. The maximum atomic E-state index is 12.7. The van der Waals surface area contributed by atoms with Crippen molar-refractivity contribution in [2.24, 2.45) is 11.8 Å². The number of Topliss-reactive ketones (excluding diaryl/α,β-unsaturated/α-hetero) is 1. The zero-order valence-corrected chi connectivity index (χ0v) is 19.7. The van der Waals surface area contributed by atoms with Gasteiger partial charge in [0, 0.05) is 19.5 Å². The molecule has 192 valence electrons. The summed E-state index contributed by atoms with van der Waals surface area (Å²) in [5.41, 5.74) is 2.49. The second-order valence-corrected chi connectivity index (χ2v) is 9.59. The van der Waals surface area contributed by atoms with Gasteiger partial charge in [-0.3, -0.25) is 9.59 Å². The lowest BCUT2D eigenvalue weighted by Gasteiger charge is -2.29. The van der Waals surface area contributed by atoms with Gasteiger partial charge in [0.05, 0.1) is 6.04 Å². The fourth-order valence-corrected chi connectivity index (χ4v) is 4.86. The number of rotatable bonds is 7. The predicted molar refractivity (Wildman–Crippen MR) is 124 cm³/mol. The number of carbonyl (C=O) groups excluding carboxylic acids is 2. The van der Waals surface area contributed by atoms with Crippen molar-refractivity contribution < 1.29 is 32.7 Å². The van der Waals surface area contributed by atoms with Crippen LogP contribution < -0.4 is 5.32 Å². The number of amides is 1. The molecular weight excluding hydrogens is 461 g/mol. The summed E-state index contributed by atoms with van der Waals surface area (Å²) in [6, 6.07) is 8.31. The van der Waals surface area contributed by atoms with E-state index in [1.54, 1.807) is 6.08 Å². The Labute approximate surface area is 203 Å². The number of nitrogens with one attached hydrogen (secondary N) is 1. The van der Waals surface area contributed by atoms with Crippen molar-refractivity contribution >= 4 is 17.7 Å². The first kappa shape index (κ1) is 26.9. The third kappa shape index (κ3) is 8.19. The first-order chi connectivity index (χ1) is 16.6. The molecule has 1 saturated carbocycles. The number of carboxylic acids is 1. The van der Waals surface area contributed by atoms with Crippen LogP contribution in [-0.2, 0) is 27.5 Å². The number of nitrogens with zero attached hydrogens (tertiary/aromatic N) is 1. The molecule has 35 heavy (non-hydrogen) atoms. The molecule has 9 heteroatoms. The van der Waals surface area contributed by atoms with Gasteiger partial charge >= 0.3 is 12.1 Å². The van der Waals surface area contributed by atoms with Crippen LogP contribution in [0.3, 0.4) is 0 Å². The van der Waals surface area contributed by atoms with Gasteiger partial charge in [0.25, 0.3) is 0 Å². The lowest BCUT2D eigenvalue weighted by atomic mass is 9.80. The zero-order valence-electron chi connectivity index (χ0n) is 19.7. The van der Waals surface area contributed by atoms with Crippen molar-refractivity contribution in [1.29, 1.82) is 0 Å². The number of carbonyl (C=O) groups is 3. The van der Waals surface area contributed by atoms with Gasteiger partial charge in [-0.15, -0.1) is 0 Å². The second kappa shape index (κ2) is 12.3. The number of hydrogen-bond acceptors (Lipinski definition) is 4. The minimum atomic E-state index is -5.08. The van der Waals surface area contributed by atoms with Gasteiger partial charge < -0.3 is 15.3 Å². The van der Waals surface area contributed by atoms with E-state index in [0.717, 1.165) is 19.4 Å². The minimum Gasteiger partial charge on any atom is -0.475 e. The molecule has 0 aromatic heterocycles. The first-order valence-electron chi connectivity index (χ1n) is 12.2. The van der Waals surface area contributed by atoms with E-state index >= 15 is 0 Å².